The van der Waals surface area contributed by atoms with Crippen molar-refractivity contribution in [2.24, 2.45) is 0 Å². The van der Waals surface area contributed by atoms with Crippen LogP contribution in [0.5, 0.6) is 0 Å². The van der Waals surface area contributed by atoms with Crippen LogP contribution < -0.4 is 5.32 Å². The lowest BCUT2D eigenvalue weighted by molar-refractivity contribution is -0.132. The summed E-state index contributed by atoms with van der Waals surface area (Å²) in [5.41, 5.74) is 0. The molecular formula is C10H20N2OS. The second-order valence-electron chi connectivity index (χ2n) is 3.50. The summed E-state index contributed by atoms with van der Waals surface area (Å²) in [7, 11) is 0. The average Bonchev–Trinajstić information content (AvgIpc) is 2.26. The minimum Gasteiger partial charge on any atom is -0.342 e. The third kappa shape index (κ3) is 3.17. The van der Waals surface area contributed by atoms with Gasteiger partial charge in [-0.25, -0.2) is 0 Å². The van der Waals surface area contributed by atoms with E-state index in [-0.39, 0.29) is 11.9 Å². The number of rotatable bonds is 4. The van der Waals surface area contributed by atoms with Crippen molar-refractivity contribution in [3.05, 3.63) is 0 Å². The Bertz CT molecular complexity index is 174. The largest absolute Gasteiger partial charge is 0.342 e. The van der Waals surface area contributed by atoms with E-state index >= 15 is 0 Å². The van der Waals surface area contributed by atoms with Crippen LogP contribution in [0.4, 0.5) is 0 Å². The van der Waals surface area contributed by atoms with Gasteiger partial charge in [-0.15, -0.1) is 0 Å². The minimum absolute atomic E-state index is 0.0558. The molecule has 1 N–H and O–H groups in total. The highest BCUT2D eigenvalue weighted by atomic mass is 32.2. The topological polar surface area (TPSA) is 32.3 Å². The lowest BCUT2D eigenvalue weighted by Crippen LogP contribution is -2.50. The van der Waals surface area contributed by atoms with Crippen LogP contribution >= 0.6 is 11.8 Å². The summed E-state index contributed by atoms with van der Waals surface area (Å²) in [4.78, 5) is 13.9. The van der Waals surface area contributed by atoms with Crippen molar-refractivity contribution in [1.82, 2.24) is 10.2 Å². The summed E-state index contributed by atoms with van der Waals surface area (Å²) in [5, 5.41) is 3.28. The monoisotopic (exact) mass is 216 g/mol. The first-order chi connectivity index (χ1) is 6.79. The Labute approximate surface area is 90.6 Å². The zero-order chi connectivity index (χ0) is 10.4. The molecule has 0 bridgehead atoms. The molecule has 0 saturated carbocycles. The first-order valence-electron chi connectivity index (χ1n) is 5.39. The molecule has 1 saturated heterocycles. The number of thioether (sulfide) groups is 1. The van der Waals surface area contributed by atoms with Gasteiger partial charge in [-0.1, -0.05) is 6.92 Å². The van der Waals surface area contributed by atoms with Gasteiger partial charge >= 0.3 is 0 Å². The summed E-state index contributed by atoms with van der Waals surface area (Å²) < 4.78 is 0. The van der Waals surface area contributed by atoms with Gasteiger partial charge < -0.3 is 10.2 Å². The maximum Gasteiger partial charge on any atom is 0.240 e. The summed E-state index contributed by atoms with van der Waals surface area (Å²) in [5.74, 6) is 2.34. The first kappa shape index (κ1) is 11.9. The molecule has 82 valence electrons. The molecule has 1 heterocycles. The quantitative estimate of drug-likeness (QED) is 0.759. The van der Waals surface area contributed by atoms with Gasteiger partial charge in [-0.05, 0) is 13.3 Å². The van der Waals surface area contributed by atoms with E-state index in [0.717, 1.165) is 37.6 Å². The third-order valence-corrected chi connectivity index (χ3v) is 3.47. The Hall–Kier alpha value is -0.220. The second kappa shape index (κ2) is 6.30. The fourth-order valence-corrected chi connectivity index (χ4v) is 2.56. The highest BCUT2D eigenvalue weighted by Gasteiger charge is 2.24. The Morgan fingerprint density at radius 3 is 2.86 bits per heavy atom. The number of hydrogen-bond acceptors (Lipinski definition) is 3. The van der Waals surface area contributed by atoms with Crippen molar-refractivity contribution in [3.8, 4) is 0 Å². The number of amides is 1. The normalized spacial score (nSPS) is 22.0. The van der Waals surface area contributed by atoms with Gasteiger partial charge in [0.25, 0.3) is 0 Å². The predicted octanol–water partition coefficient (Wildman–Crippen LogP) is 0.950. The Morgan fingerprint density at radius 2 is 2.36 bits per heavy atom. The van der Waals surface area contributed by atoms with Gasteiger partial charge in [-0.3, -0.25) is 4.79 Å². The van der Waals surface area contributed by atoms with Crippen molar-refractivity contribution in [2.45, 2.75) is 26.3 Å². The smallest absolute Gasteiger partial charge is 0.240 e. The van der Waals surface area contributed by atoms with Crippen LogP contribution in [0.3, 0.4) is 0 Å². The van der Waals surface area contributed by atoms with Crippen molar-refractivity contribution in [2.75, 3.05) is 31.1 Å². The fourth-order valence-electron chi connectivity index (χ4n) is 1.64. The molecule has 0 aromatic carbocycles. The second-order valence-corrected chi connectivity index (χ2v) is 4.65. The lowest BCUT2D eigenvalue weighted by atomic mass is 10.2. The molecule has 1 aliphatic rings. The standard InChI is InChI=1S/C10H20N2OS/c1-3-6-12(4-2)10(13)9-8-14-7-5-11-9/h9,11H,3-8H2,1-2H3. The summed E-state index contributed by atoms with van der Waals surface area (Å²) in [6.07, 6.45) is 1.04. The zero-order valence-corrected chi connectivity index (χ0v) is 9.90. The van der Waals surface area contributed by atoms with Gasteiger partial charge in [-0.2, -0.15) is 11.8 Å². The van der Waals surface area contributed by atoms with E-state index in [4.69, 9.17) is 0 Å². The minimum atomic E-state index is 0.0558. The van der Waals surface area contributed by atoms with E-state index in [1.54, 1.807) is 0 Å². The highest BCUT2D eigenvalue weighted by molar-refractivity contribution is 7.99. The Morgan fingerprint density at radius 1 is 1.57 bits per heavy atom. The van der Waals surface area contributed by atoms with Gasteiger partial charge in [0.1, 0.15) is 0 Å². The number of nitrogens with zero attached hydrogens (tertiary/aromatic N) is 1. The van der Waals surface area contributed by atoms with Crippen LogP contribution in [0.15, 0.2) is 0 Å². The molecule has 0 aromatic heterocycles. The van der Waals surface area contributed by atoms with Crippen LogP contribution in [0.1, 0.15) is 20.3 Å². The van der Waals surface area contributed by atoms with Crippen LogP contribution in [0, 0.1) is 0 Å². The Kier molecular flexibility index (Phi) is 5.33. The molecule has 0 spiro atoms. The number of carbonyl (C=O) groups is 1. The Balaban J connectivity index is 2.43. The molecule has 1 atom stereocenters. The van der Waals surface area contributed by atoms with Crippen LogP contribution in [0.2, 0.25) is 0 Å². The molecule has 1 rings (SSSR count). The van der Waals surface area contributed by atoms with E-state index in [1.165, 1.54) is 0 Å². The number of likely N-dealkylation sites (N-methyl/N-ethyl adjacent to an activating group) is 1. The van der Waals surface area contributed by atoms with Gasteiger partial charge in [0, 0.05) is 31.1 Å². The predicted molar refractivity (Wildman–Crippen MR) is 61.7 cm³/mol. The first-order valence-corrected chi connectivity index (χ1v) is 6.55. The van der Waals surface area contributed by atoms with E-state index in [9.17, 15) is 4.79 Å². The molecular weight excluding hydrogens is 196 g/mol. The molecule has 1 fully saturated rings. The molecule has 0 radical (unpaired) electrons. The number of nitrogens with one attached hydrogen (secondary N) is 1. The van der Waals surface area contributed by atoms with E-state index < -0.39 is 0 Å². The molecule has 3 nitrogen and oxygen atoms in total. The summed E-state index contributed by atoms with van der Waals surface area (Å²) in [6, 6.07) is 0.0558. The zero-order valence-electron chi connectivity index (χ0n) is 9.08. The van der Waals surface area contributed by atoms with Crippen LogP contribution in [-0.2, 0) is 4.79 Å². The van der Waals surface area contributed by atoms with Gasteiger partial charge in [0.05, 0.1) is 6.04 Å². The van der Waals surface area contributed by atoms with Crippen molar-refractivity contribution < 1.29 is 4.79 Å². The molecule has 0 aliphatic carbocycles. The maximum absolute atomic E-state index is 12.0. The average molecular weight is 216 g/mol. The van der Waals surface area contributed by atoms with E-state index in [0.29, 0.717) is 0 Å². The fraction of sp³-hybridized carbons (Fsp3) is 0.900. The van der Waals surface area contributed by atoms with E-state index in [1.807, 2.05) is 23.6 Å². The molecule has 14 heavy (non-hydrogen) atoms. The van der Waals surface area contributed by atoms with Crippen molar-refractivity contribution in [1.29, 1.82) is 0 Å². The van der Waals surface area contributed by atoms with Crippen LogP contribution in [-0.4, -0.2) is 48.0 Å². The third-order valence-electron chi connectivity index (χ3n) is 2.41. The molecule has 0 aromatic rings. The number of hydrogen-bond donors (Lipinski definition) is 1. The SMILES string of the molecule is CCCN(CC)C(=O)C1CSCCN1. The van der Waals surface area contributed by atoms with Gasteiger partial charge in [0.15, 0.2) is 0 Å². The summed E-state index contributed by atoms with van der Waals surface area (Å²) in [6.45, 7) is 6.83. The number of carbonyl (C=O) groups excluding carboxylic acids is 1. The van der Waals surface area contributed by atoms with Crippen molar-refractivity contribution >= 4 is 17.7 Å². The molecule has 1 aliphatic heterocycles. The lowest BCUT2D eigenvalue weighted by Gasteiger charge is -2.28. The van der Waals surface area contributed by atoms with E-state index in [2.05, 4.69) is 12.2 Å². The molecule has 4 heteroatoms. The molecule has 1 amide bonds. The van der Waals surface area contributed by atoms with Crippen molar-refractivity contribution in [3.63, 3.8) is 0 Å². The summed E-state index contributed by atoms with van der Waals surface area (Å²) >= 11 is 1.87. The molecule has 1 unspecified atom stereocenters. The van der Waals surface area contributed by atoms with Crippen LogP contribution in [0.25, 0.3) is 0 Å². The maximum atomic E-state index is 12.0. The highest BCUT2D eigenvalue weighted by Crippen LogP contribution is 2.10. The van der Waals surface area contributed by atoms with Gasteiger partial charge in [0.2, 0.25) is 5.91 Å².